The number of carbonyl (C=O) groups is 3. The van der Waals surface area contributed by atoms with E-state index in [2.05, 4.69) is 26.8 Å². The molecular weight excluding hydrogens is 398 g/mol. The maximum atomic E-state index is 12.3. The molecule has 2 N–H and O–H groups in total. The lowest BCUT2D eigenvalue weighted by Crippen LogP contribution is -2.45. The van der Waals surface area contributed by atoms with Crippen LogP contribution in [0.4, 0.5) is 5.69 Å². The standard InChI is InChI=1S/C19H18BrN3O3/c1-12-3-2-4-16(9-12)23-11-14(10-17(23)24)19(26)22-21-18(25)13-5-7-15(20)8-6-13/h2-9,14H,10-11H2,1H3,(H,21,25)(H,22,26)/t14-/m1/s1. The van der Waals surface area contributed by atoms with Crippen molar-refractivity contribution in [3.8, 4) is 0 Å². The summed E-state index contributed by atoms with van der Waals surface area (Å²) in [6.07, 6.45) is 0.119. The number of aryl methyl sites for hydroxylation is 1. The monoisotopic (exact) mass is 415 g/mol. The number of hydrogen-bond acceptors (Lipinski definition) is 3. The third-order valence-corrected chi connectivity index (χ3v) is 4.74. The highest BCUT2D eigenvalue weighted by Gasteiger charge is 2.35. The van der Waals surface area contributed by atoms with Crippen LogP contribution < -0.4 is 15.8 Å². The average molecular weight is 416 g/mol. The SMILES string of the molecule is Cc1cccc(N2C[C@H](C(=O)NNC(=O)c3ccc(Br)cc3)CC2=O)c1. The summed E-state index contributed by atoms with van der Waals surface area (Å²) >= 11 is 3.30. The van der Waals surface area contributed by atoms with Gasteiger partial charge in [0, 0.05) is 28.7 Å². The van der Waals surface area contributed by atoms with Crippen molar-refractivity contribution in [3.05, 3.63) is 64.1 Å². The summed E-state index contributed by atoms with van der Waals surface area (Å²) in [6.45, 7) is 2.24. The van der Waals surface area contributed by atoms with Crippen molar-refractivity contribution in [2.75, 3.05) is 11.4 Å². The molecule has 2 aromatic rings. The van der Waals surface area contributed by atoms with Crippen molar-refractivity contribution in [1.29, 1.82) is 0 Å². The highest BCUT2D eigenvalue weighted by Crippen LogP contribution is 2.25. The molecule has 1 fully saturated rings. The Morgan fingerprint density at radius 2 is 1.85 bits per heavy atom. The third-order valence-electron chi connectivity index (χ3n) is 4.21. The van der Waals surface area contributed by atoms with Gasteiger partial charge in [0.25, 0.3) is 5.91 Å². The molecule has 7 heteroatoms. The molecule has 0 unspecified atom stereocenters. The lowest BCUT2D eigenvalue weighted by Gasteiger charge is -2.17. The van der Waals surface area contributed by atoms with Crippen LogP contribution in [0.25, 0.3) is 0 Å². The predicted octanol–water partition coefficient (Wildman–Crippen LogP) is 2.57. The van der Waals surface area contributed by atoms with Gasteiger partial charge in [-0.15, -0.1) is 0 Å². The van der Waals surface area contributed by atoms with E-state index in [1.807, 2.05) is 31.2 Å². The Bertz CT molecular complexity index is 851. The summed E-state index contributed by atoms with van der Waals surface area (Å²) in [5.41, 5.74) is 7.06. The maximum Gasteiger partial charge on any atom is 0.269 e. The van der Waals surface area contributed by atoms with Crippen LogP contribution in [-0.2, 0) is 9.59 Å². The highest BCUT2D eigenvalue weighted by molar-refractivity contribution is 9.10. The van der Waals surface area contributed by atoms with E-state index >= 15 is 0 Å². The normalized spacial score (nSPS) is 16.5. The van der Waals surface area contributed by atoms with Gasteiger partial charge in [-0.05, 0) is 48.9 Å². The van der Waals surface area contributed by atoms with Crippen LogP contribution in [0.15, 0.2) is 53.0 Å². The minimum atomic E-state index is -0.506. The molecule has 6 nitrogen and oxygen atoms in total. The molecule has 0 aliphatic carbocycles. The molecule has 1 atom stereocenters. The predicted molar refractivity (Wildman–Crippen MR) is 101 cm³/mol. The first-order chi connectivity index (χ1) is 12.4. The van der Waals surface area contributed by atoms with Crippen molar-refractivity contribution < 1.29 is 14.4 Å². The van der Waals surface area contributed by atoms with Gasteiger partial charge in [0.1, 0.15) is 0 Å². The summed E-state index contributed by atoms with van der Waals surface area (Å²) in [7, 11) is 0. The number of benzene rings is 2. The molecule has 1 saturated heterocycles. The van der Waals surface area contributed by atoms with Crippen molar-refractivity contribution in [1.82, 2.24) is 10.9 Å². The Balaban J connectivity index is 1.58. The quantitative estimate of drug-likeness (QED) is 0.756. The second-order valence-electron chi connectivity index (χ2n) is 6.19. The van der Waals surface area contributed by atoms with Crippen LogP contribution in [0, 0.1) is 12.8 Å². The molecule has 134 valence electrons. The van der Waals surface area contributed by atoms with E-state index in [1.165, 1.54) is 0 Å². The summed E-state index contributed by atoms with van der Waals surface area (Å²) in [6, 6.07) is 14.4. The molecule has 0 radical (unpaired) electrons. The largest absolute Gasteiger partial charge is 0.312 e. The zero-order valence-electron chi connectivity index (χ0n) is 14.2. The molecule has 1 aliphatic rings. The number of halogens is 1. The Labute approximate surface area is 159 Å². The number of amides is 3. The van der Waals surface area contributed by atoms with Crippen LogP contribution >= 0.6 is 15.9 Å². The first-order valence-corrected chi connectivity index (χ1v) is 8.96. The van der Waals surface area contributed by atoms with Crippen LogP contribution in [0.3, 0.4) is 0 Å². The highest BCUT2D eigenvalue weighted by atomic mass is 79.9. The van der Waals surface area contributed by atoms with Crippen LogP contribution in [0.1, 0.15) is 22.3 Å². The fourth-order valence-corrected chi connectivity index (χ4v) is 3.09. The second-order valence-corrected chi connectivity index (χ2v) is 7.11. The van der Waals surface area contributed by atoms with Crippen LogP contribution in [0.5, 0.6) is 0 Å². The van der Waals surface area contributed by atoms with E-state index in [9.17, 15) is 14.4 Å². The number of anilines is 1. The van der Waals surface area contributed by atoms with Crippen LogP contribution in [-0.4, -0.2) is 24.3 Å². The molecule has 2 aromatic carbocycles. The van der Waals surface area contributed by atoms with Gasteiger partial charge in [0.2, 0.25) is 11.8 Å². The van der Waals surface area contributed by atoms with E-state index in [-0.39, 0.29) is 18.2 Å². The van der Waals surface area contributed by atoms with Gasteiger partial charge in [-0.1, -0.05) is 28.1 Å². The Morgan fingerprint density at radius 3 is 2.54 bits per heavy atom. The molecule has 1 aliphatic heterocycles. The second kappa shape index (κ2) is 7.70. The maximum absolute atomic E-state index is 12.3. The van der Waals surface area contributed by atoms with E-state index in [0.717, 1.165) is 15.7 Å². The minimum absolute atomic E-state index is 0.102. The fraction of sp³-hybridized carbons (Fsp3) is 0.211. The van der Waals surface area contributed by atoms with Gasteiger partial charge in [0.05, 0.1) is 5.92 Å². The molecular formula is C19H18BrN3O3. The summed E-state index contributed by atoms with van der Waals surface area (Å²) in [5.74, 6) is -1.40. The number of hydrogen-bond donors (Lipinski definition) is 2. The van der Waals surface area contributed by atoms with Crippen molar-refractivity contribution in [2.45, 2.75) is 13.3 Å². The van der Waals surface area contributed by atoms with Crippen molar-refractivity contribution >= 4 is 39.3 Å². The molecule has 0 saturated carbocycles. The molecule has 0 aromatic heterocycles. The Morgan fingerprint density at radius 1 is 1.12 bits per heavy atom. The number of nitrogens with zero attached hydrogens (tertiary/aromatic N) is 1. The summed E-state index contributed by atoms with van der Waals surface area (Å²) in [4.78, 5) is 38.2. The zero-order chi connectivity index (χ0) is 18.7. The topological polar surface area (TPSA) is 78.5 Å². The van der Waals surface area contributed by atoms with E-state index in [4.69, 9.17) is 0 Å². The summed E-state index contributed by atoms with van der Waals surface area (Å²) < 4.78 is 0.860. The van der Waals surface area contributed by atoms with Gasteiger partial charge in [-0.2, -0.15) is 0 Å². The average Bonchev–Trinajstić information content (AvgIpc) is 3.02. The van der Waals surface area contributed by atoms with Gasteiger partial charge >= 0.3 is 0 Å². The first-order valence-electron chi connectivity index (χ1n) is 8.17. The lowest BCUT2D eigenvalue weighted by atomic mass is 10.1. The Hall–Kier alpha value is -2.67. The van der Waals surface area contributed by atoms with Crippen molar-refractivity contribution in [2.24, 2.45) is 5.92 Å². The van der Waals surface area contributed by atoms with Crippen molar-refractivity contribution in [3.63, 3.8) is 0 Å². The number of carbonyl (C=O) groups excluding carboxylic acids is 3. The number of nitrogens with one attached hydrogen (secondary N) is 2. The smallest absolute Gasteiger partial charge is 0.269 e. The van der Waals surface area contributed by atoms with Gasteiger partial charge in [0.15, 0.2) is 0 Å². The zero-order valence-corrected chi connectivity index (χ0v) is 15.7. The van der Waals surface area contributed by atoms with E-state index in [1.54, 1.807) is 29.2 Å². The fourth-order valence-electron chi connectivity index (χ4n) is 2.82. The Kier molecular flexibility index (Phi) is 5.37. The summed E-state index contributed by atoms with van der Waals surface area (Å²) in [5, 5.41) is 0. The van der Waals surface area contributed by atoms with E-state index in [0.29, 0.717) is 12.1 Å². The number of hydrazine groups is 1. The molecule has 3 amide bonds. The minimum Gasteiger partial charge on any atom is -0.312 e. The molecule has 3 rings (SSSR count). The van der Waals surface area contributed by atoms with Crippen LogP contribution in [0.2, 0.25) is 0 Å². The van der Waals surface area contributed by atoms with Gasteiger partial charge in [-0.25, -0.2) is 0 Å². The lowest BCUT2D eigenvalue weighted by molar-refractivity contribution is -0.126. The van der Waals surface area contributed by atoms with E-state index < -0.39 is 11.8 Å². The molecule has 0 spiro atoms. The molecule has 0 bridgehead atoms. The first kappa shape index (κ1) is 18.1. The molecule has 1 heterocycles. The third kappa shape index (κ3) is 4.11. The number of rotatable bonds is 3. The van der Waals surface area contributed by atoms with Gasteiger partial charge in [-0.3, -0.25) is 25.2 Å². The molecule has 26 heavy (non-hydrogen) atoms. The van der Waals surface area contributed by atoms with Gasteiger partial charge < -0.3 is 4.90 Å².